The van der Waals surface area contributed by atoms with Crippen molar-refractivity contribution < 1.29 is 13.2 Å². The van der Waals surface area contributed by atoms with Crippen LogP contribution in [-0.2, 0) is 10.0 Å². The number of aryl methyl sites for hydroxylation is 2. The van der Waals surface area contributed by atoms with Crippen molar-refractivity contribution in [1.29, 1.82) is 0 Å². The monoisotopic (exact) mass is 448 g/mol. The third-order valence-electron chi connectivity index (χ3n) is 4.22. The van der Waals surface area contributed by atoms with Crippen LogP contribution in [0.15, 0.2) is 65.6 Å². The Morgan fingerprint density at radius 3 is 2.21 bits per heavy atom. The number of hydrogen-bond donors (Lipinski definition) is 2. The number of benzene rings is 3. The van der Waals surface area contributed by atoms with Gasteiger partial charge in [-0.05, 0) is 67.9 Å². The molecule has 3 rings (SSSR count). The molecule has 0 aliphatic heterocycles. The van der Waals surface area contributed by atoms with E-state index < -0.39 is 10.0 Å². The van der Waals surface area contributed by atoms with Crippen molar-refractivity contribution in [2.24, 2.45) is 0 Å². The summed E-state index contributed by atoms with van der Waals surface area (Å²) in [6, 6.07) is 15.9. The highest BCUT2D eigenvalue weighted by atomic mass is 35.5. The normalized spacial score (nSPS) is 11.2. The fourth-order valence-electron chi connectivity index (χ4n) is 2.76. The molecule has 0 aliphatic rings. The van der Waals surface area contributed by atoms with E-state index in [1.807, 2.05) is 26.0 Å². The van der Waals surface area contributed by atoms with Gasteiger partial charge in [0.15, 0.2) is 0 Å². The Kier molecular flexibility index (Phi) is 6.17. The lowest BCUT2D eigenvalue weighted by Crippen LogP contribution is -2.15. The molecular formula is C21H18Cl2N2O3S. The van der Waals surface area contributed by atoms with E-state index in [4.69, 9.17) is 23.2 Å². The summed E-state index contributed by atoms with van der Waals surface area (Å²) in [5.74, 6) is -0.260. The molecule has 3 aromatic rings. The second-order valence-electron chi connectivity index (χ2n) is 6.53. The zero-order valence-corrected chi connectivity index (χ0v) is 18.0. The number of carbonyl (C=O) groups excluding carboxylic acids is 1. The predicted octanol–water partition coefficient (Wildman–Crippen LogP) is 5.66. The Hall–Kier alpha value is -2.54. The van der Waals surface area contributed by atoms with Crippen molar-refractivity contribution in [3.05, 3.63) is 87.4 Å². The van der Waals surface area contributed by atoms with Crippen molar-refractivity contribution in [3.63, 3.8) is 0 Å². The first-order valence-corrected chi connectivity index (χ1v) is 10.9. The van der Waals surface area contributed by atoms with Gasteiger partial charge in [0, 0.05) is 16.3 Å². The van der Waals surface area contributed by atoms with Gasteiger partial charge >= 0.3 is 0 Å². The number of nitrogens with one attached hydrogen (secondary N) is 2. The van der Waals surface area contributed by atoms with Crippen molar-refractivity contribution in [3.8, 4) is 0 Å². The second kappa shape index (κ2) is 8.45. The lowest BCUT2D eigenvalue weighted by molar-refractivity contribution is 0.102. The van der Waals surface area contributed by atoms with Crippen LogP contribution in [0.25, 0.3) is 0 Å². The maximum atomic E-state index is 12.6. The van der Waals surface area contributed by atoms with Gasteiger partial charge in [0.05, 0.1) is 15.6 Å². The minimum Gasteiger partial charge on any atom is -0.322 e. The SMILES string of the molecule is Cc1ccc(C(=O)Nc2ccc(S(=O)(=O)Nc3ccc(Cl)cc3Cl)cc2)c(C)c1. The lowest BCUT2D eigenvalue weighted by Gasteiger charge is -2.11. The number of amides is 1. The molecule has 0 radical (unpaired) electrons. The standard InChI is InChI=1S/C21H18Cl2N2O3S/c1-13-3-9-18(14(2)11-13)21(26)24-16-5-7-17(8-6-16)29(27,28)25-20-10-4-15(22)12-19(20)23/h3-12,25H,1-2H3,(H,24,26). The highest BCUT2D eigenvalue weighted by Gasteiger charge is 2.16. The summed E-state index contributed by atoms with van der Waals surface area (Å²) < 4.78 is 27.6. The molecule has 0 saturated heterocycles. The molecular weight excluding hydrogens is 431 g/mol. The van der Waals surface area contributed by atoms with Crippen LogP contribution in [0.3, 0.4) is 0 Å². The molecule has 29 heavy (non-hydrogen) atoms. The molecule has 2 N–H and O–H groups in total. The number of hydrogen-bond acceptors (Lipinski definition) is 3. The number of sulfonamides is 1. The highest BCUT2D eigenvalue weighted by molar-refractivity contribution is 7.92. The first kappa shape index (κ1) is 21.2. The minimum absolute atomic E-state index is 0.0352. The molecule has 0 saturated carbocycles. The molecule has 3 aromatic carbocycles. The third kappa shape index (κ3) is 5.09. The van der Waals surface area contributed by atoms with Crippen molar-refractivity contribution in [2.75, 3.05) is 10.0 Å². The van der Waals surface area contributed by atoms with Crippen LogP contribution in [-0.4, -0.2) is 14.3 Å². The van der Waals surface area contributed by atoms with Crippen molar-refractivity contribution in [1.82, 2.24) is 0 Å². The quantitative estimate of drug-likeness (QED) is 0.528. The molecule has 0 atom stereocenters. The second-order valence-corrected chi connectivity index (χ2v) is 9.05. The minimum atomic E-state index is -3.85. The number of rotatable bonds is 5. The van der Waals surface area contributed by atoms with Gasteiger partial charge in [-0.1, -0.05) is 40.9 Å². The molecule has 0 spiro atoms. The van der Waals surface area contributed by atoms with Gasteiger partial charge in [-0.15, -0.1) is 0 Å². The largest absolute Gasteiger partial charge is 0.322 e. The first-order valence-electron chi connectivity index (χ1n) is 8.62. The Balaban J connectivity index is 1.76. The summed E-state index contributed by atoms with van der Waals surface area (Å²) in [4.78, 5) is 12.5. The van der Waals surface area contributed by atoms with Crippen LogP contribution in [0.4, 0.5) is 11.4 Å². The van der Waals surface area contributed by atoms with Crippen LogP contribution >= 0.6 is 23.2 Å². The molecule has 150 valence electrons. The van der Waals surface area contributed by atoms with Gasteiger partial charge < -0.3 is 5.32 Å². The maximum Gasteiger partial charge on any atom is 0.261 e. The number of anilines is 2. The maximum absolute atomic E-state index is 12.6. The van der Waals surface area contributed by atoms with E-state index in [2.05, 4.69) is 10.0 Å². The third-order valence-corrected chi connectivity index (χ3v) is 6.15. The van der Waals surface area contributed by atoms with Gasteiger partial charge in [-0.25, -0.2) is 8.42 Å². The zero-order valence-electron chi connectivity index (χ0n) is 15.7. The predicted molar refractivity (Wildman–Crippen MR) is 118 cm³/mol. The molecule has 0 unspecified atom stereocenters. The molecule has 5 nitrogen and oxygen atoms in total. The smallest absolute Gasteiger partial charge is 0.261 e. The van der Waals surface area contributed by atoms with Gasteiger partial charge in [-0.2, -0.15) is 0 Å². The average Bonchev–Trinajstić information content (AvgIpc) is 2.64. The van der Waals surface area contributed by atoms with Crippen LogP contribution < -0.4 is 10.0 Å². The molecule has 8 heteroatoms. The van der Waals surface area contributed by atoms with E-state index in [1.54, 1.807) is 6.07 Å². The summed E-state index contributed by atoms with van der Waals surface area (Å²) in [5, 5.41) is 3.37. The molecule has 0 heterocycles. The van der Waals surface area contributed by atoms with E-state index in [0.717, 1.165) is 11.1 Å². The highest BCUT2D eigenvalue weighted by Crippen LogP contribution is 2.28. The summed E-state index contributed by atoms with van der Waals surface area (Å²) in [5.41, 5.74) is 3.21. The number of halogens is 2. The molecule has 0 aliphatic carbocycles. The van der Waals surface area contributed by atoms with Gasteiger partial charge in [-0.3, -0.25) is 9.52 Å². The van der Waals surface area contributed by atoms with Crippen LogP contribution in [0.1, 0.15) is 21.5 Å². The van der Waals surface area contributed by atoms with Gasteiger partial charge in [0.1, 0.15) is 0 Å². The van der Waals surface area contributed by atoms with Crippen LogP contribution in [0.5, 0.6) is 0 Å². The van der Waals surface area contributed by atoms with Gasteiger partial charge in [0.25, 0.3) is 15.9 Å². The average molecular weight is 449 g/mol. The summed E-state index contributed by atoms with van der Waals surface area (Å²) in [6.07, 6.45) is 0. The summed E-state index contributed by atoms with van der Waals surface area (Å²) in [7, 11) is -3.85. The van der Waals surface area contributed by atoms with Crippen LogP contribution in [0.2, 0.25) is 10.0 Å². The Labute approximate surface area is 179 Å². The first-order chi connectivity index (χ1) is 13.7. The Bertz CT molecular complexity index is 1180. The van der Waals surface area contributed by atoms with Gasteiger partial charge in [0.2, 0.25) is 0 Å². The van der Waals surface area contributed by atoms with E-state index in [9.17, 15) is 13.2 Å². The summed E-state index contributed by atoms with van der Waals surface area (Å²) >= 11 is 11.9. The topological polar surface area (TPSA) is 75.3 Å². The van der Waals surface area contributed by atoms with Crippen molar-refractivity contribution in [2.45, 2.75) is 18.7 Å². The zero-order chi connectivity index (χ0) is 21.2. The van der Waals surface area contributed by atoms with E-state index in [-0.39, 0.29) is 21.5 Å². The van der Waals surface area contributed by atoms with E-state index in [1.165, 1.54) is 42.5 Å². The molecule has 0 bridgehead atoms. The van der Waals surface area contributed by atoms with Crippen LogP contribution in [0, 0.1) is 13.8 Å². The van der Waals surface area contributed by atoms with Crippen molar-refractivity contribution >= 4 is 50.5 Å². The number of carbonyl (C=O) groups is 1. The fourth-order valence-corrected chi connectivity index (χ4v) is 4.35. The molecule has 0 fully saturated rings. The molecule has 1 amide bonds. The fraction of sp³-hybridized carbons (Fsp3) is 0.0952. The molecule has 0 aromatic heterocycles. The lowest BCUT2D eigenvalue weighted by atomic mass is 10.1. The summed E-state index contributed by atoms with van der Waals surface area (Å²) in [6.45, 7) is 3.82. The Morgan fingerprint density at radius 2 is 1.59 bits per heavy atom. The Morgan fingerprint density at radius 1 is 0.897 bits per heavy atom. The van der Waals surface area contributed by atoms with E-state index >= 15 is 0 Å². The van der Waals surface area contributed by atoms with E-state index in [0.29, 0.717) is 16.3 Å².